The van der Waals surface area contributed by atoms with Gasteiger partial charge in [0.05, 0.1) is 11.1 Å². The van der Waals surface area contributed by atoms with E-state index in [1.807, 2.05) is 0 Å². The van der Waals surface area contributed by atoms with E-state index in [2.05, 4.69) is 9.02 Å². The van der Waals surface area contributed by atoms with Crippen LogP contribution < -0.4 is 4.74 Å². The molecule has 0 spiro atoms. The SMILES string of the molecule is CC(Cl)OC(=O)Oc1cc2c3c(cccc3c1)C(=O)N(OS(=O)(=O)C(F)(F)F)C2=O. The van der Waals surface area contributed by atoms with Crippen molar-refractivity contribution < 1.29 is 49.7 Å². The van der Waals surface area contributed by atoms with Gasteiger partial charge in [-0.25, -0.2) is 4.79 Å². The fraction of sp³-hybridized carbons (Fsp3) is 0.188. The van der Waals surface area contributed by atoms with Gasteiger partial charge in [0.1, 0.15) is 5.75 Å². The summed E-state index contributed by atoms with van der Waals surface area (Å²) in [5, 5.41) is -0.321. The Bertz CT molecular complexity index is 1180. The quantitative estimate of drug-likeness (QED) is 0.221. The van der Waals surface area contributed by atoms with Crippen LogP contribution >= 0.6 is 11.6 Å². The number of carbonyl (C=O) groups excluding carboxylic acids is 3. The first kappa shape index (κ1) is 21.8. The van der Waals surface area contributed by atoms with E-state index in [1.165, 1.54) is 25.1 Å². The first-order valence-corrected chi connectivity index (χ1v) is 9.65. The van der Waals surface area contributed by atoms with Crippen LogP contribution in [0, 0.1) is 0 Å². The van der Waals surface area contributed by atoms with E-state index < -0.39 is 49.8 Å². The number of hydroxylamine groups is 2. The molecule has 0 bridgehead atoms. The van der Waals surface area contributed by atoms with Crippen LogP contribution in [0.2, 0.25) is 0 Å². The topological polar surface area (TPSA) is 116 Å². The molecule has 0 saturated carbocycles. The average molecular weight is 468 g/mol. The Balaban J connectivity index is 2.08. The molecule has 1 aliphatic heterocycles. The summed E-state index contributed by atoms with van der Waals surface area (Å²) in [6.07, 6.45) is -1.24. The molecular weight excluding hydrogens is 459 g/mol. The number of benzene rings is 2. The lowest BCUT2D eigenvalue weighted by molar-refractivity contribution is -0.0761. The molecule has 30 heavy (non-hydrogen) atoms. The van der Waals surface area contributed by atoms with Gasteiger partial charge >= 0.3 is 21.8 Å². The second-order valence-corrected chi connectivity index (χ2v) is 7.90. The summed E-state index contributed by atoms with van der Waals surface area (Å²) in [5.41, 5.74) is -7.67. The van der Waals surface area contributed by atoms with Crippen molar-refractivity contribution in [3.63, 3.8) is 0 Å². The van der Waals surface area contributed by atoms with Gasteiger partial charge in [0.15, 0.2) is 5.56 Å². The molecule has 0 radical (unpaired) electrons. The highest BCUT2D eigenvalue weighted by atomic mass is 35.5. The fourth-order valence-electron chi connectivity index (χ4n) is 2.58. The zero-order valence-electron chi connectivity index (χ0n) is 14.6. The van der Waals surface area contributed by atoms with Gasteiger partial charge in [0.25, 0.3) is 11.8 Å². The van der Waals surface area contributed by atoms with Crippen molar-refractivity contribution in [1.82, 2.24) is 5.06 Å². The van der Waals surface area contributed by atoms with Crippen LogP contribution in [0.1, 0.15) is 27.6 Å². The predicted molar refractivity (Wildman–Crippen MR) is 92.9 cm³/mol. The zero-order valence-corrected chi connectivity index (χ0v) is 16.2. The van der Waals surface area contributed by atoms with Gasteiger partial charge in [0.2, 0.25) is 0 Å². The third-order valence-electron chi connectivity index (χ3n) is 3.70. The van der Waals surface area contributed by atoms with Crippen LogP contribution in [0.5, 0.6) is 5.75 Å². The minimum Gasteiger partial charge on any atom is -0.415 e. The molecule has 160 valence electrons. The highest BCUT2D eigenvalue weighted by Crippen LogP contribution is 2.35. The van der Waals surface area contributed by atoms with E-state index in [1.54, 1.807) is 0 Å². The van der Waals surface area contributed by atoms with Gasteiger partial charge in [-0.1, -0.05) is 23.7 Å². The highest BCUT2D eigenvalue weighted by Gasteiger charge is 2.51. The van der Waals surface area contributed by atoms with E-state index in [9.17, 15) is 36.0 Å². The Morgan fingerprint density at radius 1 is 1.13 bits per heavy atom. The minimum atomic E-state index is -6.31. The number of halogens is 4. The van der Waals surface area contributed by atoms with Gasteiger partial charge in [-0.15, -0.1) is 9.35 Å². The molecule has 2 aromatic rings. The van der Waals surface area contributed by atoms with Crippen molar-refractivity contribution in [3.8, 4) is 5.75 Å². The summed E-state index contributed by atoms with van der Waals surface area (Å²) in [5.74, 6) is -3.21. The lowest BCUT2D eigenvalue weighted by Crippen LogP contribution is -2.44. The Morgan fingerprint density at radius 2 is 1.77 bits per heavy atom. The fourth-order valence-corrected chi connectivity index (χ4v) is 3.07. The third kappa shape index (κ3) is 3.91. The molecule has 9 nitrogen and oxygen atoms in total. The molecule has 2 amide bonds. The van der Waals surface area contributed by atoms with Crippen molar-refractivity contribution >= 4 is 50.5 Å². The predicted octanol–water partition coefficient (Wildman–Crippen LogP) is 3.32. The summed E-state index contributed by atoms with van der Waals surface area (Å²) in [4.78, 5) is 36.6. The normalized spacial score (nSPS) is 15.3. The smallest absolute Gasteiger partial charge is 0.415 e. The van der Waals surface area contributed by atoms with Crippen molar-refractivity contribution in [2.45, 2.75) is 18.0 Å². The molecule has 2 aromatic carbocycles. The Morgan fingerprint density at radius 3 is 2.37 bits per heavy atom. The van der Waals surface area contributed by atoms with Crippen LogP contribution in [0.15, 0.2) is 30.3 Å². The number of amides is 2. The number of imide groups is 1. The zero-order chi connectivity index (χ0) is 22.4. The van der Waals surface area contributed by atoms with Crippen LogP contribution in [0.25, 0.3) is 10.8 Å². The standard InChI is InChI=1S/C16H9ClF3NO8S/c1-7(17)27-15(24)28-9-5-8-3-2-4-10-12(8)11(6-9)14(23)21(13(10)22)29-30(25,26)16(18,19)20/h2-7H,1H3. The Labute approximate surface area is 170 Å². The Hall–Kier alpha value is -2.90. The molecule has 0 fully saturated rings. The number of rotatable bonds is 4. The Kier molecular flexibility index (Phi) is 5.39. The monoisotopic (exact) mass is 467 g/mol. The van der Waals surface area contributed by atoms with E-state index in [-0.39, 0.29) is 22.1 Å². The van der Waals surface area contributed by atoms with Crippen molar-refractivity contribution in [2.75, 3.05) is 0 Å². The van der Waals surface area contributed by atoms with Gasteiger partial charge in [-0.2, -0.15) is 21.6 Å². The maximum absolute atomic E-state index is 12.6. The molecule has 0 aromatic heterocycles. The second kappa shape index (κ2) is 7.41. The number of hydrogen-bond acceptors (Lipinski definition) is 8. The van der Waals surface area contributed by atoms with E-state index in [0.717, 1.165) is 12.1 Å². The van der Waals surface area contributed by atoms with Crippen molar-refractivity contribution in [1.29, 1.82) is 0 Å². The van der Waals surface area contributed by atoms with E-state index >= 15 is 0 Å². The molecule has 0 saturated heterocycles. The van der Waals surface area contributed by atoms with E-state index in [4.69, 9.17) is 16.3 Å². The summed E-state index contributed by atoms with van der Waals surface area (Å²) in [6, 6.07) is 6.06. The number of carbonyl (C=O) groups is 3. The molecule has 3 rings (SSSR count). The van der Waals surface area contributed by atoms with Crippen LogP contribution in [-0.2, 0) is 19.1 Å². The molecule has 1 aliphatic rings. The van der Waals surface area contributed by atoms with Crippen molar-refractivity contribution in [2.24, 2.45) is 0 Å². The van der Waals surface area contributed by atoms with Gasteiger partial charge < -0.3 is 9.47 Å². The number of nitrogens with zero attached hydrogens (tertiary/aromatic N) is 1. The lowest BCUT2D eigenvalue weighted by Gasteiger charge is -2.25. The summed E-state index contributed by atoms with van der Waals surface area (Å²) in [6.45, 7) is 1.32. The first-order chi connectivity index (χ1) is 13.8. The van der Waals surface area contributed by atoms with Gasteiger partial charge in [-0.05, 0) is 30.5 Å². The van der Waals surface area contributed by atoms with E-state index in [0.29, 0.717) is 0 Å². The second-order valence-electron chi connectivity index (χ2n) is 5.77. The van der Waals surface area contributed by atoms with Crippen LogP contribution in [0.3, 0.4) is 0 Å². The first-order valence-electron chi connectivity index (χ1n) is 7.81. The molecule has 14 heteroatoms. The summed E-state index contributed by atoms with van der Waals surface area (Å²) >= 11 is 5.49. The number of hydrogen-bond donors (Lipinski definition) is 0. The molecule has 1 heterocycles. The third-order valence-corrected chi connectivity index (χ3v) is 4.70. The molecule has 0 aliphatic carbocycles. The van der Waals surface area contributed by atoms with Crippen LogP contribution in [-0.4, -0.2) is 42.5 Å². The number of ether oxygens (including phenoxy) is 2. The largest absolute Gasteiger partial charge is 0.525 e. The summed E-state index contributed by atoms with van der Waals surface area (Å²) in [7, 11) is -6.31. The lowest BCUT2D eigenvalue weighted by atomic mass is 9.95. The maximum atomic E-state index is 12.6. The molecular formula is C16H9ClF3NO8S. The minimum absolute atomic E-state index is 0.00295. The molecule has 0 N–H and O–H groups in total. The van der Waals surface area contributed by atoms with Crippen molar-refractivity contribution in [3.05, 3.63) is 41.5 Å². The van der Waals surface area contributed by atoms with Gasteiger partial charge in [-0.3, -0.25) is 9.59 Å². The molecule has 1 atom stereocenters. The molecule has 1 unspecified atom stereocenters. The summed E-state index contributed by atoms with van der Waals surface area (Å²) < 4.78 is 73.7. The number of alkyl halides is 4. The van der Waals surface area contributed by atoms with Gasteiger partial charge in [0, 0.05) is 5.39 Å². The maximum Gasteiger partial charge on any atom is 0.525 e. The van der Waals surface area contributed by atoms with Crippen LogP contribution in [0.4, 0.5) is 18.0 Å². The highest BCUT2D eigenvalue weighted by molar-refractivity contribution is 7.87. The average Bonchev–Trinajstić information content (AvgIpc) is 2.61.